The smallest absolute Gasteiger partial charge is 0.319 e. The van der Waals surface area contributed by atoms with Gasteiger partial charge in [-0.05, 0) is 36.2 Å². The Morgan fingerprint density at radius 2 is 2.50 bits per heavy atom. The monoisotopic (exact) mass is 213 g/mol. The van der Waals surface area contributed by atoms with Crippen LogP contribution in [0.25, 0.3) is 0 Å². The minimum Gasteiger partial charge on any atom is -0.465 e. The molecule has 1 aromatic rings. The number of thiophene rings is 1. The SMILES string of the molecule is CCOC(=O)CNC(C)c1ccsc1. The van der Waals surface area contributed by atoms with Crippen LogP contribution in [0.4, 0.5) is 0 Å². The van der Waals surface area contributed by atoms with Crippen molar-refractivity contribution >= 4 is 17.3 Å². The molecule has 0 radical (unpaired) electrons. The number of hydrogen-bond donors (Lipinski definition) is 1. The van der Waals surface area contributed by atoms with Crippen LogP contribution < -0.4 is 5.32 Å². The molecule has 0 saturated heterocycles. The highest BCUT2D eigenvalue weighted by atomic mass is 32.1. The van der Waals surface area contributed by atoms with Gasteiger partial charge in [-0.2, -0.15) is 11.3 Å². The van der Waals surface area contributed by atoms with Crippen molar-refractivity contribution in [2.45, 2.75) is 19.9 Å². The van der Waals surface area contributed by atoms with E-state index in [1.807, 2.05) is 18.4 Å². The van der Waals surface area contributed by atoms with Crippen LogP contribution in [-0.4, -0.2) is 19.1 Å². The molecule has 0 bridgehead atoms. The molecule has 3 nitrogen and oxygen atoms in total. The molecular formula is C10H15NO2S. The Morgan fingerprint density at radius 1 is 1.71 bits per heavy atom. The number of esters is 1. The van der Waals surface area contributed by atoms with Gasteiger partial charge in [-0.25, -0.2) is 0 Å². The molecule has 0 amide bonds. The summed E-state index contributed by atoms with van der Waals surface area (Å²) < 4.78 is 4.81. The van der Waals surface area contributed by atoms with Crippen LogP contribution in [0.5, 0.6) is 0 Å². The lowest BCUT2D eigenvalue weighted by molar-refractivity contribution is -0.142. The van der Waals surface area contributed by atoms with Crippen molar-refractivity contribution in [3.63, 3.8) is 0 Å². The van der Waals surface area contributed by atoms with E-state index in [2.05, 4.69) is 10.7 Å². The molecule has 1 rings (SSSR count). The van der Waals surface area contributed by atoms with Crippen LogP contribution in [0, 0.1) is 0 Å². The third-order valence-corrected chi connectivity index (χ3v) is 2.60. The van der Waals surface area contributed by atoms with E-state index in [0.29, 0.717) is 6.61 Å². The van der Waals surface area contributed by atoms with Crippen LogP contribution in [0.1, 0.15) is 25.5 Å². The van der Waals surface area contributed by atoms with Crippen molar-refractivity contribution in [3.8, 4) is 0 Å². The second kappa shape index (κ2) is 5.78. The molecule has 0 spiro atoms. The Labute approximate surface area is 88.1 Å². The van der Waals surface area contributed by atoms with Gasteiger partial charge >= 0.3 is 5.97 Å². The second-order valence-corrected chi connectivity index (χ2v) is 3.74. The molecule has 14 heavy (non-hydrogen) atoms. The molecule has 0 saturated carbocycles. The minimum absolute atomic E-state index is 0.199. The van der Waals surface area contributed by atoms with E-state index in [0.717, 1.165) is 0 Å². The summed E-state index contributed by atoms with van der Waals surface area (Å²) in [4.78, 5) is 11.0. The second-order valence-electron chi connectivity index (χ2n) is 2.96. The molecular weight excluding hydrogens is 198 g/mol. The van der Waals surface area contributed by atoms with Gasteiger partial charge in [0.25, 0.3) is 0 Å². The highest BCUT2D eigenvalue weighted by Crippen LogP contribution is 2.14. The predicted octanol–water partition coefficient (Wildman–Crippen LogP) is 1.96. The first kappa shape index (κ1) is 11.2. The highest BCUT2D eigenvalue weighted by Gasteiger charge is 2.07. The lowest BCUT2D eigenvalue weighted by atomic mass is 10.2. The normalized spacial score (nSPS) is 12.4. The van der Waals surface area contributed by atoms with Crippen molar-refractivity contribution in [1.82, 2.24) is 5.32 Å². The van der Waals surface area contributed by atoms with Crippen LogP contribution in [0.2, 0.25) is 0 Å². The third kappa shape index (κ3) is 3.47. The van der Waals surface area contributed by atoms with E-state index in [1.165, 1.54) is 5.56 Å². The first-order valence-corrected chi connectivity index (χ1v) is 5.59. The van der Waals surface area contributed by atoms with Crippen LogP contribution in [0.3, 0.4) is 0 Å². The summed E-state index contributed by atoms with van der Waals surface area (Å²) in [6.45, 7) is 4.54. The lowest BCUT2D eigenvalue weighted by Gasteiger charge is -2.11. The van der Waals surface area contributed by atoms with E-state index in [-0.39, 0.29) is 18.6 Å². The van der Waals surface area contributed by atoms with E-state index in [4.69, 9.17) is 4.74 Å². The van der Waals surface area contributed by atoms with Gasteiger partial charge in [-0.1, -0.05) is 0 Å². The molecule has 0 aliphatic carbocycles. The third-order valence-electron chi connectivity index (χ3n) is 1.90. The topological polar surface area (TPSA) is 38.3 Å². The van der Waals surface area contributed by atoms with Crippen molar-refractivity contribution in [2.24, 2.45) is 0 Å². The fraction of sp³-hybridized carbons (Fsp3) is 0.500. The Balaban J connectivity index is 2.28. The van der Waals surface area contributed by atoms with Gasteiger partial charge in [0.2, 0.25) is 0 Å². The fourth-order valence-electron chi connectivity index (χ4n) is 1.09. The number of hydrogen-bond acceptors (Lipinski definition) is 4. The van der Waals surface area contributed by atoms with Gasteiger partial charge in [0, 0.05) is 6.04 Å². The standard InChI is InChI=1S/C10H15NO2S/c1-3-13-10(12)6-11-8(2)9-4-5-14-7-9/h4-5,7-8,11H,3,6H2,1-2H3. The summed E-state index contributed by atoms with van der Waals surface area (Å²) in [5.74, 6) is -0.199. The zero-order valence-electron chi connectivity index (χ0n) is 8.45. The summed E-state index contributed by atoms with van der Waals surface area (Å²) in [6.07, 6.45) is 0. The quantitative estimate of drug-likeness (QED) is 0.760. The largest absolute Gasteiger partial charge is 0.465 e. The molecule has 0 aliphatic heterocycles. The lowest BCUT2D eigenvalue weighted by Crippen LogP contribution is -2.27. The molecule has 0 aliphatic rings. The molecule has 1 aromatic heterocycles. The zero-order chi connectivity index (χ0) is 10.4. The summed E-state index contributed by atoms with van der Waals surface area (Å²) in [7, 11) is 0. The summed E-state index contributed by atoms with van der Waals surface area (Å²) in [5, 5.41) is 7.20. The maximum absolute atomic E-state index is 11.0. The van der Waals surface area contributed by atoms with Crippen molar-refractivity contribution in [2.75, 3.05) is 13.2 Å². The molecule has 1 unspecified atom stereocenters. The average molecular weight is 213 g/mol. The van der Waals surface area contributed by atoms with Gasteiger partial charge in [0.05, 0.1) is 13.2 Å². The van der Waals surface area contributed by atoms with Gasteiger partial charge in [-0.3, -0.25) is 4.79 Å². The molecule has 4 heteroatoms. The van der Waals surface area contributed by atoms with E-state index in [9.17, 15) is 4.79 Å². The maximum atomic E-state index is 11.0. The molecule has 0 fully saturated rings. The Morgan fingerprint density at radius 3 is 3.07 bits per heavy atom. The van der Waals surface area contributed by atoms with E-state index in [1.54, 1.807) is 18.3 Å². The van der Waals surface area contributed by atoms with Crippen molar-refractivity contribution in [3.05, 3.63) is 22.4 Å². The predicted molar refractivity (Wildman–Crippen MR) is 57.4 cm³/mol. The number of carbonyl (C=O) groups is 1. The summed E-state index contributed by atoms with van der Waals surface area (Å²) in [5.41, 5.74) is 1.21. The maximum Gasteiger partial charge on any atom is 0.319 e. The van der Waals surface area contributed by atoms with Crippen LogP contribution in [0.15, 0.2) is 16.8 Å². The number of carbonyl (C=O) groups excluding carboxylic acids is 1. The van der Waals surface area contributed by atoms with Crippen LogP contribution in [-0.2, 0) is 9.53 Å². The molecule has 1 heterocycles. The Hall–Kier alpha value is -0.870. The first-order valence-electron chi connectivity index (χ1n) is 4.65. The first-order chi connectivity index (χ1) is 6.74. The van der Waals surface area contributed by atoms with Crippen molar-refractivity contribution < 1.29 is 9.53 Å². The number of rotatable bonds is 5. The molecule has 1 atom stereocenters. The number of nitrogens with one attached hydrogen (secondary N) is 1. The molecule has 78 valence electrons. The summed E-state index contributed by atoms with van der Waals surface area (Å²) >= 11 is 1.66. The highest BCUT2D eigenvalue weighted by molar-refractivity contribution is 7.07. The van der Waals surface area contributed by atoms with Gasteiger partial charge in [0.1, 0.15) is 0 Å². The zero-order valence-corrected chi connectivity index (χ0v) is 9.26. The van der Waals surface area contributed by atoms with Gasteiger partial charge in [-0.15, -0.1) is 0 Å². The molecule has 1 N–H and O–H groups in total. The minimum atomic E-state index is -0.199. The van der Waals surface area contributed by atoms with Gasteiger partial charge < -0.3 is 10.1 Å². The van der Waals surface area contributed by atoms with Crippen molar-refractivity contribution in [1.29, 1.82) is 0 Å². The van der Waals surface area contributed by atoms with E-state index < -0.39 is 0 Å². The average Bonchev–Trinajstić information content (AvgIpc) is 2.67. The summed E-state index contributed by atoms with van der Waals surface area (Å²) in [6, 6.07) is 2.25. The Kier molecular flexibility index (Phi) is 4.62. The molecule has 0 aromatic carbocycles. The Bertz CT molecular complexity index is 272. The van der Waals surface area contributed by atoms with Crippen LogP contribution >= 0.6 is 11.3 Å². The van der Waals surface area contributed by atoms with E-state index >= 15 is 0 Å². The van der Waals surface area contributed by atoms with Gasteiger partial charge in [0.15, 0.2) is 0 Å². The number of ether oxygens (including phenoxy) is 1. The fourth-order valence-corrected chi connectivity index (χ4v) is 1.84.